The van der Waals surface area contributed by atoms with E-state index in [0.29, 0.717) is 29.6 Å². The van der Waals surface area contributed by atoms with Crippen molar-refractivity contribution in [3.8, 4) is 17.3 Å². The van der Waals surface area contributed by atoms with Crippen LogP contribution >= 0.6 is 0 Å². The van der Waals surface area contributed by atoms with Crippen LogP contribution in [-0.4, -0.2) is 28.1 Å². The Bertz CT molecular complexity index is 906. The van der Waals surface area contributed by atoms with Crippen molar-refractivity contribution in [2.75, 3.05) is 7.11 Å². The molecule has 1 aliphatic rings. The zero-order chi connectivity index (χ0) is 16.5. The van der Waals surface area contributed by atoms with E-state index in [0.717, 1.165) is 11.1 Å². The number of amides is 1. The third-order valence-electron chi connectivity index (χ3n) is 3.94. The fourth-order valence-corrected chi connectivity index (χ4v) is 2.77. The first kappa shape index (κ1) is 14.4. The third kappa shape index (κ3) is 2.50. The topological polar surface area (TPSA) is 90.1 Å². The Labute approximate surface area is 137 Å². The van der Waals surface area contributed by atoms with Crippen LogP contribution in [0, 0.1) is 0 Å². The van der Waals surface area contributed by atoms with Crippen molar-refractivity contribution in [1.29, 1.82) is 0 Å². The van der Waals surface area contributed by atoms with E-state index in [4.69, 9.17) is 9.26 Å². The second kappa shape index (κ2) is 5.77. The van der Waals surface area contributed by atoms with Gasteiger partial charge in [-0.05, 0) is 17.7 Å². The lowest BCUT2D eigenvalue weighted by atomic mass is 10.0. The number of benzene rings is 1. The molecule has 0 radical (unpaired) electrons. The molecule has 7 heteroatoms. The van der Waals surface area contributed by atoms with Crippen LogP contribution in [0.4, 0.5) is 0 Å². The summed E-state index contributed by atoms with van der Waals surface area (Å²) in [6.45, 7) is 0. The average molecular weight is 322 g/mol. The maximum absolute atomic E-state index is 12.0. The number of pyridine rings is 1. The molecule has 2 aromatic heterocycles. The van der Waals surface area contributed by atoms with Crippen LogP contribution in [-0.2, 0) is 6.42 Å². The van der Waals surface area contributed by atoms with Crippen molar-refractivity contribution in [2.24, 2.45) is 0 Å². The largest absolute Gasteiger partial charge is 0.481 e. The van der Waals surface area contributed by atoms with Gasteiger partial charge in [-0.25, -0.2) is 4.98 Å². The molecule has 1 aromatic carbocycles. The summed E-state index contributed by atoms with van der Waals surface area (Å²) in [6, 6.07) is 10.9. The Morgan fingerprint density at radius 2 is 2.17 bits per heavy atom. The van der Waals surface area contributed by atoms with Crippen molar-refractivity contribution in [3.05, 3.63) is 59.6 Å². The van der Waals surface area contributed by atoms with Crippen molar-refractivity contribution in [1.82, 2.24) is 20.4 Å². The molecule has 0 spiro atoms. The van der Waals surface area contributed by atoms with Gasteiger partial charge in [0.15, 0.2) is 0 Å². The van der Waals surface area contributed by atoms with Gasteiger partial charge < -0.3 is 14.6 Å². The van der Waals surface area contributed by atoms with Gasteiger partial charge in [-0.3, -0.25) is 4.79 Å². The van der Waals surface area contributed by atoms with Crippen LogP contribution in [0.15, 0.2) is 47.1 Å². The van der Waals surface area contributed by atoms with Crippen LogP contribution in [0.2, 0.25) is 0 Å². The Hall–Kier alpha value is -3.22. The zero-order valence-corrected chi connectivity index (χ0v) is 12.9. The number of hydrogen-bond acceptors (Lipinski definition) is 6. The normalized spacial score (nSPS) is 15.9. The minimum Gasteiger partial charge on any atom is -0.481 e. The van der Waals surface area contributed by atoms with E-state index in [1.807, 2.05) is 24.3 Å². The van der Waals surface area contributed by atoms with Crippen molar-refractivity contribution >= 4 is 5.91 Å². The number of methoxy groups -OCH3 is 1. The molecule has 4 rings (SSSR count). The fourth-order valence-electron chi connectivity index (χ4n) is 2.77. The van der Waals surface area contributed by atoms with E-state index in [-0.39, 0.29) is 11.9 Å². The van der Waals surface area contributed by atoms with Gasteiger partial charge in [0.05, 0.1) is 19.6 Å². The number of ether oxygens (including phenoxy) is 1. The quantitative estimate of drug-likeness (QED) is 0.791. The number of fused-ring (bicyclic) bond motifs is 1. The first-order valence-corrected chi connectivity index (χ1v) is 7.47. The van der Waals surface area contributed by atoms with E-state index in [1.54, 1.807) is 25.4 Å². The molecule has 1 aliphatic heterocycles. The second-order valence-corrected chi connectivity index (χ2v) is 5.42. The standard InChI is InChI=1S/C17H14N4O3/c1-23-14-8-10(6-7-18-14)16-20-15(24-21-16)9-13-11-4-2-3-5-12(11)17(22)19-13/h2-8,13H,9H2,1H3,(H,19,22). The lowest BCUT2D eigenvalue weighted by Crippen LogP contribution is -2.20. The minimum absolute atomic E-state index is 0.0748. The minimum atomic E-state index is -0.158. The molecule has 0 bridgehead atoms. The van der Waals surface area contributed by atoms with E-state index in [2.05, 4.69) is 20.4 Å². The summed E-state index contributed by atoms with van der Waals surface area (Å²) >= 11 is 0. The molecule has 7 nitrogen and oxygen atoms in total. The Morgan fingerprint density at radius 1 is 1.29 bits per heavy atom. The van der Waals surface area contributed by atoms with Gasteiger partial charge in [-0.15, -0.1) is 0 Å². The Kier molecular flexibility index (Phi) is 3.45. The van der Waals surface area contributed by atoms with Crippen LogP contribution in [0.3, 0.4) is 0 Å². The number of aromatic nitrogens is 3. The Balaban J connectivity index is 1.57. The van der Waals surface area contributed by atoms with Crippen molar-refractivity contribution in [2.45, 2.75) is 12.5 Å². The van der Waals surface area contributed by atoms with Gasteiger partial charge in [-0.1, -0.05) is 23.4 Å². The highest BCUT2D eigenvalue weighted by atomic mass is 16.5. The first-order valence-electron chi connectivity index (χ1n) is 7.47. The number of nitrogens with one attached hydrogen (secondary N) is 1. The first-order chi connectivity index (χ1) is 11.7. The molecule has 3 aromatic rings. The van der Waals surface area contributed by atoms with Crippen LogP contribution in [0.5, 0.6) is 5.88 Å². The summed E-state index contributed by atoms with van der Waals surface area (Å²) < 4.78 is 10.4. The van der Waals surface area contributed by atoms with Crippen molar-refractivity contribution in [3.63, 3.8) is 0 Å². The molecule has 1 unspecified atom stereocenters. The third-order valence-corrected chi connectivity index (χ3v) is 3.94. The molecule has 3 heterocycles. The van der Waals surface area contributed by atoms with Gasteiger partial charge in [0.2, 0.25) is 17.6 Å². The highest BCUT2D eigenvalue weighted by Gasteiger charge is 2.29. The van der Waals surface area contributed by atoms with Gasteiger partial charge in [-0.2, -0.15) is 4.98 Å². The van der Waals surface area contributed by atoms with E-state index >= 15 is 0 Å². The smallest absolute Gasteiger partial charge is 0.252 e. The lowest BCUT2D eigenvalue weighted by Gasteiger charge is -2.07. The molecule has 0 fully saturated rings. The summed E-state index contributed by atoms with van der Waals surface area (Å²) in [7, 11) is 1.55. The summed E-state index contributed by atoms with van der Waals surface area (Å²) in [6.07, 6.45) is 2.07. The molecule has 1 N–H and O–H groups in total. The molecule has 0 saturated carbocycles. The SMILES string of the molecule is COc1cc(-c2noc(CC3NC(=O)c4ccccc43)n2)ccn1. The molecule has 120 valence electrons. The molecular formula is C17H14N4O3. The zero-order valence-electron chi connectivity index (χ0n) is 12.9. The van der Waals surface area contributed by atoms with Crippen LogP contribution in [0.25, 0.3) is 11.4 Å². The molecular weight excluding hydrogens is 308 g/mol. The number of hydrogen-bond donors (Lipinski definition) is 1. The van der Waals surface area contributed by atoms with Gasteiger partial charge in [0.25, 0.3) is 5.91 Å². The van der Waals surface area contributed by atoms with E-state index < -0.39 is 0 Å². The number of nitrogens with zero attached hydrogens (tertiary/aromatic N) is 3. The van der Waals surface area contributed by atoms with Crippen LogP contribution in [0.1, 0.15) is 27.9 Å². The second-order valence-electron chi connectivity index (χ2n) is 5.42. The number of carbonyl (C=O) groups excluding carboxylic acids is 1. The van der Waals surface area contributed by atoms with E-state index in [1.165, 1.54) is 0 Å². The number of carbonyl (C=O) groups is 1. The predicted octanol–water partition coefficient (Wildman–Crippen LogP) is 2.17. The predicted molar refractivity (Wildman–Crippen MR) is 84.4 cm³/mol. The Morgan fingerprint density at radius 3 is 3.04 bits per heavy atom. The number of rotatable bonds is 4. The molecule has 0 aliphatic carbocycles. The molecule has 24 heavy (non-hydrogen) atoms. The fraction of sp³-hybridized carbons (Fsp3) is 0.176. The highest BCUT2D eigenvalue weighted by molar-refractivity contribution is 5.99. The maximum Gasteiger partial charge on any atom is 0.252 e. The molecule has 1 amide bonds. The van der Waals surface area contributed by atoms with Gasteiger partial charge in [0.1, 0.15) is 0 Å². The van der Waals surface area contributed by atoms with Crippen molar-refractivity contribution < 1.29 is 14.1 Å². The van der Waals surface area contributed by atoms with Gasteiger partial charge >= 0.3 is 0 Å². The van der Waals surface area contributed by atoms with Crippen LogP contribution < -0.4 is 10.1 Å². The summed E-state index contributed by atoms with van der Waals surface area (Å²) in [5, 5.41) is 6.94. The summed E-state index contributed by atoms with van der Waals surface area (Å²) in [5.41, 5.74) is 2.40. The maximum atomic E-state index is 12.0. The highest BCUT2D eigenvalue weighted by Crippen LogP contribution is 2.28. The summed E-state index contributed by atoms with van der Waals surface area (Å²) in [4.78, 5) is 20.4. The molecule has 1 atom stereocenters. The van der Waals surface area contributed by atoms with E-state index in [9.17, 15) is 4.79 Å². The average Bonchev–Trinajstić information content (AvgIpc) is 3.21. The lowest BCUT2D eigenvalue weighted by molar-refractivity contribution is 0.0955. The van der Waals surface area contributed by atoms with Gasteiger partial charge in [0, 0.05) is 23.4 Å². The summed E-state index contributed by atoms with van der Waals surface area (Å²) in [5.74, 6) is 1.33. The monoisotopic (exact) mass is 322 g/mol. The molecule has 0 saturated heterocycles.